The molecule has 1 amide bonds. The molecule has 1 aliphatic rings. The number of carbonyl (C=O) groups excluding carboxylic acids is 1. The Morgan fingerprint density at radius 1 is 1.50 bits per heavy atom. The predicted octanol–water partition coefficient (Wildman–Crippen LogP) is 2.01. The highest BCUT2D eigenvalue weighted by molar-refractivity contribution is 9.11. The van der Waals surface area contributed by atoms with Crippen LogP contribution >= 0.6 is 31.9 Å². The Labute approximate surface area is 110 Å². The molecular weight excluding hydrogens is 340 g/mol. The average molecular weight is 350 g/mol. The second-order valence-corrected chi connectivity index (χ2v) is 5.43. The monoisotopic (exact) mass is 348 g/mol. The molecule has 1 saturated heterocycles. The number of aliphatic hydroxyl groups is 1. The number of amides is 1. The molecule has 0 saturated carbocycles. The summed E-state index contributed by atoms with van der Waals surface area (Å²) in [5.41, 5.74) is 0.812. The van der Waals surface area contributed by atoms with Crippen molar-refractivity contribution in [3.8, 4) is 0 Å². The van der Waals surface area contributed by atoms with Gasteiger partial charge in [0.2, 0.25) is 5.91 Å². The quantitative estimate of drug-likeness (QED) is 0.843. The van der Waals surface area contributed by atoms with Crippen molar-refractivity contribution in [2.45, 2.75) is 19.4 Å². The predicted molar refractivity (Wildman–Crippen MR) is 67.4 cm³/mol. The number of aliphatic hydroxyl groups excluding tert-OH is 1. The van der Waals surface area contributed by atoms with E-state index >= 15 is 0 Å². The maximum absolute atomic E-state index is 11.6. The minimum atomic E-state index is -0.592. The van der Waals surface area contributed by atoms with Gasteiger partial charge in [0.05, 0.1) is 29.2 Å². The van der Waals surface area contributed by atoms with Gasteiger partial charge in [-0.05, 0) is 44.8 Å². The van der Waals surface area contributed by atoms with E-state index in [0.717, 1.165) is 14.6 Å². The van der Waals surface area contributed by atoms with Crippen LogP contribution in [0.3, 0.4) is 0 Å². The second kappa shape index (κ2) is 4.43. The molecule has 16 heavy (non-hydrogen) atoms. The van der Waals surface area contributed by atoms with Crippen LogP contribution in [0.4, 0.5) is 5.82 Å². The van der Waals surface area contributed by atoms with Gasteiger partial charge in [-0.3, -0.25) is 9.69 Å². The van der Waals surface area contributed by atoms with Gasteiger partial charge in [0.25, 0.3) is 0 Å². The van der Waals surface area contributed by atoms with Gasteiger partial charge in [-0.25, -0.2) is 4.98 Å². The maximum atomic E-state index is 11.6. The zero-order chi connectivity index (χ0) is 11.9. The highest BCUT2D eigenvalue weighted by atomic mass is 79.9. The highest BCUT2D eigenvalue weighted by Crippen LogP contribution is 2.31. The van der Waals surface area contributed by atoms with E-state index in [1.165, 1.54) is 4.90 Å². The number of hydrogen-bond donors (Lipinski definition) is 1. The van der Waals surface area contributed by atoms with Crippen LogP contribution in [0.5, 0.6) is 0 Å². The van der Waals surface area contributed by atoms with Crippen molar-refractivity contribution in [3.63, 3.8) is 0 Å². The minimum Gasteiger partial charge on any atom is -0.391 e. The lowest BCUT2D eigenvalue weighted by Gasteiger charge is -2.17. The maximum Gasteiger partial charge on any atom is 0.230 e. The summed E-state index contributed by atoms with van der Waals surface area (Å²) in [5, 5.41) is 9.43. The van der Waals surface area contributed by atoms with Gasteiger partial charge in [-0.2, -0.15) is 0 Å². The number of aromatic nitrogens is 1. The van der Waals surface area contributed by atoms with Gasteiger partial charge in [0, 0.05) is 4.47 Å². The van der Waals surface area contributed by atoms with Crippen molar-refractivity contribution in [2.24, 2.45) is 0 Å². The summed E-state index contributed by atoms with van der Waals surface area (Å²) in [6.07, 6.45) is -0.423. The molecule has 4 nitrogen and oxygen atoms in total. The van der Waals surface area contributed by atoms with E-state index in [1.54, 1.807) is 0 Å². The Morgan fingerprint density at radius 3 is 2.75 bits per heavy atom. The summed E-state index contributed by atoms with van der Waals surface area (Å²) in [6, 6.07) is 1.86. The lowest BCUT2D eigenvalue weighted by atomic mass is 10.3. The Kier molecular flexibility index (Phi) is 3.32. The van der Waals surface area contributed by atoms with Gasteiger partial charge in [0.1, 0.15) is 5.82 Å². The first-order chi connectivity index (χ1) is 7.49. The minimum absolute atomic E-state index is 0.0950. The number of rotatable bonds is 1. The number of β-amino-alcohol motifs (C(OH)–C–C–N with tert-alkyl or cyclic N) is 1. The van der Waals surface area contributed by atoms with Gasteiger partial charge in [0.15, 0.2) is 0 Å². The van der Waals surface area contributed by atoms with Crippen LogP contribution < -0.4 is 4.90 Å². The largest absolute Gasteiger partial charge is 0.391 e. The molecule has 1 fully saturated rings. The van der Waals surface area contributed by atoms with Crippen LogP contribution in [0.1, 0.15) is 12.1 Å². The van der Waals surface area contributed by atoms with Crippen LogP contribution in [0, 0.1) is 6.92 Å². The number of anilines is 1. The van der Waals surface area contributed by atoms with E-state index in [4.69, 9.17) is 0 Å². The first-order valence-electron chi connectivity index (χ1n) is 4.80. The third-order valence-electron chi connectivity index (χ3n) is 2.45. The summed E-state index contributed by atoms with van der Waals surface area (Å²) in [6.45, 7) is 2.17. The normalized spacial score (nSPS) is 20.6. The molecule has 0 radical (unpaired) electrons. The highest BCUT2D eigenvalue weighted by Gasteiger charge is 2.31. The molecule has 1 aromatic rings. The zero-order valence-electron chi connectivity index (χ0n) is 8.57. The lowest BCUT2D eigenvalue weighted by molar-refractivity contribution is -0.117. The Morgan fingerprint density at radius 2 is 2.19 bits per heavy atom. The summed E-state index contributed by atoms with van der Waals surface area (Å²) in [5.74, 6) is 0.477. The van der Waals surface area contributed by atoms with Gasteiger partial charge < -0.3 is 5.11 Å². The van der Waals surface area contributed by atoms with Crippen molar-refractivity contribution in [2.75, 3.05) is 11.4 Å². The molecule has 1 aliphatic heterocycles. The molecule has 0 aliphatic carbocycles. The van der Waals surface area contributed by atoms with E-state index in [-0.39, 0.29) is 12.3 Å². The standard InChI is InChI=1S/C10H10Br2N2O2/c1-5-7(11)3-8(12)10(13-5)14-4-6(15)2-9(14)16/h3,6,15H,2,4H2,1H3. The molecule has 0 aromatic carbocycles. The lowest BCUT2D eigenvalue weighted by Crippen LogP contribution is -2.26. The number of aryl methyl sites for hydroxylation is 1. The van der Waals surface area contributed by atoms with E-state index < -0.39 is 6.10 Å². The first kappa shape index (κ1) is 12.0. The van der Waals surface area contributed by atoms with Gasteiger partial charge in [-0.1, -0.05) is 0 Å². The summed E-state index contributed by atoms with van der Waals surface area (Å²) in [7, 11) is 0. The van der Waals surface area contributed by atoms with E-state index in [1.807, 2.05) is 13.0 Å². The fourth-order valence-electron chi connectivity index (χ4n) is 1.63. The summed E-state index contributed by atoms with van der Waals surface area (Å²) >= 11 is 6.74. The molecule has 6 heteroatoms. The summed E-state index contributed by atoms with van der Waals surface area (Å²) < 4.78 is 1.63. The molecule has 1 unspecified atom stereocenters. The van der Waals surface area contributed by atoms with Crippen molar-refractivity contribution in [1.82, 2.24) is 4.98 Å². The Balaban J connectivity index is 2.41. The molecule has 1 N–H and O–H groups in total. The number of nitrogens with zero attached hydrogens (tertiary/aromatic N) is 2. The SMILES string of the molecule is Cc1nc(N2CC(O)CC2=O)c(Br)cc1Br. The number of halogens is 2. The Hall–Kier alpha value is -0.460. The zero-order valence-corrected chi connectivity index (χ0v) is 11.7. The van der Waals surface area contributed by atoms with E-state index in [0.29, 0.717) is 12.4 Å². The molecule has 0 spiro atoms. The molecule has 2 rings (SSSR count). The van der Waals surface area contributed by atoms with Crippen LogP contribution in [0.2, 0.25) is 0 Å². The van der Waals surface area contributed by atoms with Crippen LogP contribution in [-0.2, 0) is 4.79 Å². The topological polar surface area (TPSA) is 53.4 Å². The van der Waals surface area contributed by atoms with Crippen LogP contribution in [0.15, 0.2) is 15.0 Å². The second-order valence-electron chi connectivity index (χ2n) is 3.72. The molecular formula is C10H10Br2N2O2. The smallest absolute Gasteiger partial charge is 0.230 e. The average Bonchev–Trinajstić information content (AvgIpc) is 2.51. The first-order valence-corrected chi connectivity index (χ1v) is 6.38. The number of carbonyl (C=O) groups is 1. The molecule has 2 heterocycles. The van der Waals surface area contributed by atoms with Crippen molar-refractivity contribution >= 4 is 43.6 Å². The van der Waals surface area contributed by atoms with Crippen molar-refractivity contribution in [3.05, 3.63) is 20.7 Å². The van der Waals surface area contributed by atoms with Crippen molar-refractivity contribution in [1.29, 1.82) is 0 Å². The number of pyridine rings is 1. The van der Waals surface area contributed by atoms with Crippen molar-refractivity contribution < 1.29 is 9.90 Å². The summed E-state index contributed by atoms with van der Waals surface area (Å²) in [4.78, 5) is 17.5. The molecule has 0 bridgehead atoms. The Bertz CT molecular complexity index is 451. The molecule has 1 atom stereocenters. The fourth-order valence-corrected chi connectivity index (χ4v) is 2.79. The third-order valence-corrected chi connectivity index (χ3v) is 3.83. The fraction of sp³-hybridized carbons (Fsp3) is 0.400. The van der Waals surface area contributed by atoms with Gasteiger partial charge >= 0.3 is 0 Å². The van der Waals surface area contributed by atoms with Crippen LogP contribution in [0.25, 0.3) is 0 Å². The third kappa shape index (κ3) is 2.14. The number of hydrogen-bond acceptors (Lipinski definition) is 3. The van der Waals surface area contributed by atoms with E-state index in [9.17, 15) is 9.90 Å². The van der Waals surface area contributed by atoms with Gasteiger partial charge in [-0.15, -0.1) is 0 Å². The van der Waals surface area contributed by atoms with E-state index in [2.05, 4.69) is 36.8 Å². The molecule has 86 valence electrons. The van der Waals surface area contributed by atoms with Crippen LogP contribution in [-0.4, -0.2) is 28.6 Å². The molecule has 1 aromatic heterocycles.